The van der Waals surface area contributed by atoms with Gasteiger partial charge < -0.3 is 9.57 Å². The number of rotatable bonds is 2. The van der Waals surface area contributed by atoms with Crippen molar-refractivity contribution in [3.63, 3.8) is 0 Å². The van der Waals surface area contributed by atoms with Gasteiger partial charge in [-0.1, -0.05) is 24.6 Å². The predicted octanol–water partition coefficient (Wildman–Crippen LogP) is 4.74. The topological polar surface area (TPSA) is 47.9 Å². The van der Waals surface area contributed by atoms with Gasteiger partial charge in [-0.15, -0.1) is 0 Å². The minimum Gasteiger partial charge on any atom is -0.469 e. The maximum Gasteiger partial charge on any atom is 0.309 e. The van der Waals surface area contributed by atoms with Crippen LogP contribution in [0.1, 0.15) is 65.2 Å². The third-order valence-electron chi connectivity index (χ3n) is 8.67. The number of oxime groups is 1. The molecule has 4 nitrogen and oxygen atoms in total. The molecule has 0 amide bonds. The number of hydrogen-bond donors (Lipinski definition) is 0. The molecule has 0 bridgehead atoms. The molecule has 6 atom stereocenters. The molecule has 0 aromatic rings. The van der Waals surface area contributed by atoms with Crippen LogP contribution in [0, 0.1) is 34.5 Å². The van der Waals surface area contributed by atoms with Gasteiger partial charge in [0.15, 0.2) is 0 Å². The van der Waals surface area contributed by atoms with Gasteiger partial charge in [-0.05, 0) is 86.0 Å². The van der Waals surface area contributed by atoms with Crippen LogP contribution in [0.15, 0.2) is 16.8 Å². The summed E-state index contributed by atoms with van der Waals surface area (Å²) in [7, 11) is 3.18. The van der Waals surface area contributed by atoms with Crippen LogP contribution in [0.2, 0.25) is 0 Å². The first-order valence-corrected chi connectivity index (χ1v) is 10.3. The quantitative estimate of drug-likeness (QED) is 0.528. The van der Waals surface area contributed by atoms with E-state index in [-0.39, 0.29) is 17.3 Å². The van der Waals surface area contributed by atoms with Crippen molar-refractivity contribution in [3.05, 3.63) is 11.6 Å². The Morgan fingerprint density at radius 2 is 1.88 bits per heavy atom. The lowest BCUT2D eigenvalue weighted by Crippen LogP contribution is -2.51. The number of nitrogens with zero attached hydrogens (tertiary/aromatic N) is 1. The van der Waals surface area contributed by atoms with Crippen molar-refractivity contribution < 1.29 is 14.4 Å². The number of esters is 1. The highest BCUT2D eigenvalue weighted by atomic mass is 16.6. The fourth-order valence-electron chi connectivity index (χ4n) is 7.29. The zero-order valence-corrected chi connectivity index (χ0v) is 16.7. The Morgan fingerprint density at radius 3 is 2.62 bits per heavy atom. The lowest BCUT2D eigenvalue weighted by atomic mass is 9.47. The Morgan fingerprint density at radius 1 is 1.08 bits per heavy atom. The van der Waals surface area contributed by atoms with E-state index in [2.05, 4.69) is 25.1 Å². The van der Waals surface area contributed by atoms with E-state index in [1.54, 1.807) is 19.8 Å². The number of ether oxygens (including phenoxy) is 1. The molecule has 0 heterocycles. The smallest absolute Gasteiger partial charge is 0.309 e. The summed E-state index contributed by atoms with van der Waals surface area (Å²) in [5.74, 6) is 2.31. The lowest BCUT2D eigenvalue weighted by Gasteiger charge is -2.58. The Hall–Kier alpha value is -1.32. The standard InChI is InChI=1S/C22H33NO3/c1-21-11-9-15(23-26-4)13-14(21)5-6-16-17-7-8-19(20(24)25-3)22(17,2)12-10-18(16)21/h13,16-19H,5-12H2,1-4H3/b23-15+/t16?,17?,18?,19-,21+,22+/m1/s1. The SMILES string of the molecule is CO/N=C1/C=C2CCC3C(CC[C@@]4(C)C3CC[C@@H]4C(=O)OC)[C@@]2(C)CC1. The number of carbonyl (C=O) groups excluding carboxylic acids is 1. The second kappa shape index (κ2) is 6.38. The van der Waals surface area contributed by atoms with Gasteiger partial charge in [-0.3, -0.25) is 4.79 Å². The summed E-state index contributed by atoms with van der Waals surface area (Å²) in [6.07, 6.45) is 11.6. The van der Waals surface area contributed by atoms with Gasteiger partial charge in [0.1, 0.15) is 7.11 Å². The molecule has 4 rings (SSSR count). The third-order valence-corrected chi connectivity index (χ3v) is 8.67. The van der Waals surface area contributed by atoms with Gasteiger partial charge in [-0.2, -0.15) is 0 Å². The Labute approximate surface area is 157 Å². The fraction of sp³-hybridized carbons (Fsp3) is 0.818. The second-order valence-corrected chi connectivity index (χ2v) is 9.47. The van der Waals surface area contributed by atoms with Gasteiger partial charge in [0, 0.05) is 0 Å². The van der Waals surface area contributed by atoms with Crippen molar-refractivity contribution in [2.45, 2.75) is 65.2 Å². The maximum absolute atomic E-state index is 12.4. The van der Waals surface area contributed by atoms with Crippen molar-refractivity contribution in [3.8, 4) is 0 Å². The molecule has 3 unspecified atom stereocenters. The first kappa shape index (κ1) is 18.1. The Kier molecular flexibility index (Phi) is 4.44. The van der Waals surface area contributed by atoms with Crippen molar-refractivity contribution in [1.29, 1.82) is 0 Å². The summed E-state index contributed by atoms with van der Waals surface area (Å²) in [4.78, 5) is 17.4. The van der Waals surface area contributed by atoms with E-state index in [9.17, 15) is 4.79 Å². The number of allylic oxidation sites excluding steroid dienone is 2. The highest BCUT2D eigenvalue weighted by Gasteiger charge is 2.60. The molecule has 0 N–H and O–H groups in total. The van der Waals surface area contributed by atoms with E-state index in [1.807, 2.05) is 0 Å². The van der Waals surface area contributed by atoms with Crippen molar-refractivity contribution in [2.24, 2.45) is 39.7 Å². The van der Waals surface area contributed by atoms with Gasteiger partial charge in [0.25, 0.3) is 0 Å². The molecule has 0 saturated heterocycles. The van der Waals surface area contributed by atoms with Crippen LogP contribution in [0.4, 0.5) is 0 Å². The van der Waals surface area contributed by atoms with Crippen LogP contribution in [0.3, 0.4) is 0 Å². The minimum absolute atomic E-state index is 0.0224. The highest BCUT2D eigenvalue weighted by molar-refractivity contribution is 5.96. The van der Waals surface area contributed by atoms with E-state index >= 15 is 0 Å². The molecule has 3 fully saturated rings. The predicted molar refractivity (Wildman–Crippen MR) is 102 cm³/mol. The molecule has 0 radical (unpaired) electrons. The summed E-state index contributed by atoms with van der Waals surface area (Å²) in [6, 6.07) is 0. The van der Waals surface area contributed by atoms with Gasteiger partial charge in [0.05, 0.1) is 18.7 Å². The number of hydrogen-bond acceptors (Lipinski definition) is 4. The molecule has 3 saturated carbocycles. The zero-order chi connectivity index (χ0) is 18.5. The van der Waals surface area contributed by atoms with Gasteiger partial charge in [0.2, 0.25) is 0 Å². The van der Waals surface area contributed by atoms with Crippen molar-refractivity contribution in [1.82, 2.24) is 0 Å². The van der Waals surface area contributed by atoms with Crippen LogP contribution >= 0.6 is 0 Å². The molecule has 0 aliphatic heterocycles. The average molecular weight is 360 g/mol. The molecular weight excluding hydrogens is 326 g/mol. The molecule has 4 aliphatic rings. The van der Waals surface area contributed by atoms with E-state index in [4.69, 9.17) is 9.57 Å². The van der Waals surface area contributed by atoms with Crippen molar-refractivity contribution >= 4 is 11.7 Å². The number of methoxy groups -OCH3 is 1. The molecule has 0 aromatic carbocycles. The van der Waals surface area contributed by atoms with E-state index in [1.165, 1.54) is 38.5 Å². The molecular formula is C22H33NO3. The van der Waals surface area contributed by atoms with Crippen LogP contribution in [-0.4, -0.2) is 25.9 Å². The molecule has 0 aromatic heterocycles. The van der Waals surface area contributed by atoms with Crippen LogP contribution < -0.4 is 0 Å². The van der Waals surface area contributed by atoms with E-state index in [0.717, 1.165) is 30.4 Å². The molecule has 144 valence electrons. The van der Waals surface area contributed by atoms with Crippen LogP contribution in [0.5, 0.6) is 0 Å². The van der Waals surface area contributed by atoms with E-state index < -0.39 is 0 Å². The first-order valence-electron chi connectivity index (χ1n) is 10.3. The summed E-state index contributed by atoms with van der Waals surface area (Å²) in [6.45, 7) is 4.87. The maximum atomic E-state index is 12.4. The largest absolute Gasteiger partial charge is 0.469 e. The van der Waals surface area contributed by atoms with Crippen LogP contribution in [0.25, 0.3) is 0 Å². The second-order valence-electron chi connectivity index (χ2n) is 9.47. The highest BCUT2D eigenvalue weighted by Crippen LogP contribution is 2.66. The molecule has 26 heavy (non-hydrogen) atoms. The average Bonchev–Trinajstić information content (AvgIpc) is 2.99. The zero-order valence-electron chi connectivity index (χ0n) is 16.7. The van der Waals surface area contributed by atoms with E-state index in [0.29, 0.717) is 11.3 Å². The van der Waals surface area contributed by atoms with Gasteiger partial charge in [-0.25, -0.2) is 0 Å². The normalized spacial score (nSPS) is 46.0. The number of carbonyl (C=O) groups is 1. The number of fused-ring (bicyclic) bond motifs is 5. The summed E-state index contributed by atoms with van der Waals surface area (Å²) >= 11 is 0. The Bertz CT molecular complexity index is 654. The minimum atomic E-state index is 0.0224. The first-order chi connectivity index (χ1) is 12.4. The fourth-order valence-corrected chi connectivity index (χ4v) is 7.29. The monoisotopic (exact) mass is 359 g/mol. The van der Waals surface area contributed by atoms with Crippen molar-refractivity contribution in [2.75, 3.05) is 14.2 Å². The lowest BCUT2D eigenvalue weighted by molar-refractivity contribution is -0.152. The molecule has 0 spiro atoms. The van der Waals surface area contributed by atoms with Gasteiger partial charge >= 0.3 is 5.97 Å². The third kappa shape index (κ3) is 2.47. The summed E-state index contributed by atoms with van der Waals surface area (Å²) < 4.78 is 5.15. The summed E-state index contributed by atoms with van der Waals surface area (Å²) in [5, 5.41) is 4.20. The molecule has 4 aliphatic carbocycles. The summed E-state index contributed by atoms with van der Waals surface area (Å²) in [5.41, 5.74) is 3.14. The van der Waals surface area contributed by atoms with Crippen LogP contribution in [-0.2, 0) is 14.4 Å². The molecule has 4 heteroatoms. The Balaban J connectivity index is 1.62.